The maximum atomic E-state index is 5.71. The molecule has 2 aliphatic rings. The second-order valence-electron chi connectivity index (χ2n) is 5.11. The molecule has 0 radical (unpaired) electrons. The fourth-order valence-corrected chi connectivity index (χ4v) is 3.38. The topological polar surface area (TPSA) is 66.0 Å². The van der Waals surface area contributed by atoms with E-state index in [0.29, 0.717) is 19.1 Å². The summed E-state index contributed by atoms with van der Waals surface area (Å²) in [6.07, 6.45) is 4.12. The third-order valence-corrected chi connectivity index (χ3v) is 4.26. The fourth-order valence-electron chi connectivity index (χ4n) is 3.38. The summed E-state index contributed by atoms with van der Waals surface area (Å²) in [4.78, 5) is 0. The molecule has 1 aromatic rings. The predicted molar refractivity (Wildman–Crippen MR) is 63.4 cm³/mol. The first-order valence-corrected chi connectivity index (χ1v) is 6.47. The molecule has 2 aliphatic carbocycles. The Morgan fingerprint density at radius 1 is 1.35 bits per heavy atom. The van der Waals surface area contributed by atoms with Crippen molar-refractivity contribution in [3.8, 4) is 0 Å². The molecular weight excluding hydrogens is 216 g/mol. The van der Waals surface area contributed by atoms with E-state index < -0.39 is 0 Å². The number of nitrogens with zero attached hydrogens (tertiary/aromatic N) is 3. The van der Waals surface area contributed by atoms with Gasteiger partial charge in [-0.15, -0.1) is 10.2 Å². The molecule has 2 atom stereocenters. The van der Waals surface area contributed by atoms with Gasteiger partial charge >= 0.3 is 0 Å². The molecule has 1 aromatic heterocycles. The smallest absolute Gasteiger partial charge is 0.146 e. The van der Waals surface area contributed by atoms with Gasteiger partial charge in [0.25, 0.3) is 0 Å². The van der Waals surface area contributed by atoms with Crippen LogP contribution in [-0.2, 0) is 17.8 Å². The van der Waals surface area contributed by atoms with Crippen molar-refractivity contribution in [2.45, 2.75) is 38.3 Å². The molecule has 0 aromatic carbocycles. The normalized spacial score (nSPS) is 30.6. The summed E-state index contributed by atoms with van der Waals surface area (Å²) in [5, 5.41) is 8.57. The van der Waals surface area contributed by atoms with Crippen molar-refractivity contribution in [2.24, 2.45) is 17.6 Å². The minimum Gasteiger partial charge on any atom is -0.383 e. The molecule has 2 unspecified atom stereocenters. The Morgan fingerprint density at radius 2 is 2.12 bits per heavy atom. The largest absolute Gasteiger partial charge is 0.383 e. The number of fused-ring (bicyclic) bond motifs is 1. The quantitative estimate of drug-likeness (QED) is 0.824. The van der Waals surface area contributed by atoms with Crippen LogP contribution >= 0.6 is 0 Å². The van der Waals surface area contributed by atoms with Crippen LogP contribution in [0.1, 0.15) is 36.8 Å². The minimum absolute atomic E-state index is 0.457. The highest BCUT2D eigenvalue weighted by molar-refractivity contribution is 5.19. The number of nitrogens with two attached hydrogens (primary N) is 1. The van der Waals surface area contributed by atoms with Gasteiger partial charge in [-0.05, 0) is 24.7 Å². The third kappa shape index (κ3) is 1.77. The molecule has 3 rings (SSSR count). The van der Waals surface area contributed by atoms with Gasteiger partial charge in [0.2, 0.25) is 0 Å². The van der Waals surface area contributed by atoms with Crippen molar-refractivity contribution in [2.75, 3.05) is 13.7 Å². The highest BCUT2D eigenvalue weighted by atomic mass is 16.5. The first-order chi connectivity index (χ1) is 8.36. The van der Waals surface area contributed by atoms with E-state index in [0.717, 1.165) is 30.0 Å². The van der Waals surface area contributed by atoms with Gasteiger partial charge in [-0.25, -0.2) is 0 Å². The molecule has 0 amide bonds. The maximum absolute atomic E-state index is 5.71. The van der Waals surface area contributed by atoms with E-state index in [1.165, 1.54) is 19.3 Å². The second kappa shape index (κ2) is 4.38. The molecule has 2 fully saturated rings. The molecule has 5 heteroatoms. The number of hydrogen-bond donors (Lipinski definition) is 1. The number of methoxy groups -OCH3 is 1. The molecule has 17 heavy (non-hydrogen) atoms. The summed E-state index contributed by atoms with van der Waals surface area (Å²) >= 11 is 0. The van der Waals surface area contributed by atoms with Gasteiger partial charge in [0.1, 0.15) is 11.6 Å². The Bertz CT molecular complexity index is 393. The number of hydrogen-bond acceptors (Lipinski definition) is 4. The lowest BCUT2D eigenvalue weighted by molar-refractivity contribution is 0.185. The Hall–Kier alpha value is -0.940. The Balaban J connectivity index is 1.81. The molecule has 0 aliphatic heterocycles. The van der Waals surface area contributed by atoms with E-state index >= 15 is 0 Å². The zero-order valence-corrected chi connectivity index (χ0v) is 10.3. The highest BCUT2D eigenvalue weighted by Gasteiger charge is 2.55. The van der Waals surface area contributed by atoms with E-state index in [1.54, 1.807) is 7.11 Å². The average Bonchev–Trinajstić information content (AvgIpc) is 2.76. The molecule has 0 saturated heterocycles. The fraction of sp³-hybridized carbons (Fsp3) is 0.833. The van der Waals surface area contributed by atoms with Gasteiger partial charge in [-0.3, -0.25) is 0 Å². The van der Waals surface area contributed by atoms with Gasteiger partial charge in [0, 0.05) is 19.6 Å². The van der Waals surface area contributed by atoms with Crippen LogP contribution in [0.4, 0.5) is 0 Å². The van der Waals surface area contributed by atoms with Crippen LogP contribution in [0.2, 0.25) is 0 Å². The maximum Gasteiger partial charge on any atom is 0.146 e. The number of rotatable bonds is 5. The predicted octanol–water partition coefficient (Wildman–Crippen LogP) is 0.897. The zero-order valence-electron chi connectivity index (χ0n) is 10.3. The number of aromatic nitrogens is 3. The molecule has 2 N–H and O–H groups in total. The first-order valence-electron chi connectivity index (χ1n) is 6.47. The lowest BCUT2D eigenvalue weighted by Gasteiger charge is -2.09. The van der Waals surface area contributed by atoms with Crippen molar-refractivity contribution in [3.63, 3.8) is 0 Å². The summed E-state index contributed by atoms with van der Waals surface area (Å²) in [6, 6.07) is 0. The molecule has 0 spiro atoms. The van der Waals surface area contributed by atoms with Gasteiger partial charge < -0.3 is 15.0 Å². The van der Waals surface area contributed by atoms with Crippen LogP contribution < -0.4 is 5.73 Å². The monoisotopic (exact) mass is 236 g/mol. The molecule has 94 valence electrons. The summed E-state index contributed by atoms with van der Waals surface area (Å²) in [5.41, 5.74) is 5.71. The molecular formula is C12H20N4O. The van der Waals surface area contributed by atoms with Crippen molar-refractivity contribution in [1.29, 1.82) is 0 Å². The van der Waals surface area contributed by atoms with Crippen molar-refractivity contribution in [1.82, 2.24) is 14.8 Å². The van der Waals surface area contributed by atoms with E-state index in [9.17, 15) is 0 Å². The molecule has 0 bridgehead atoms. The summed E-state index contributed by atoms with van der Waals surface area (Å²) < 4.78 is 7.32. The van der Waals surface area contributed by atoms with Crippen molar-refractivity contribution < 1.29 is 4.74 Å². The van der Waals surface area contributed by atoms with Crippen molar-refractivity contribution >= 4 is 0 Å². The van der Waals surface area contributed by atoms with E-state index in [-0.39, 0.29) is 0 Å². The first kappa shape index (κ1) is 11.2. The standard InChI is InChI=1S/C12H20N4O/c1-17-6-5-16-10(7-13)14-15-12(16)11-8-3-2-4-9(8)11/h8-9,11H,2-7,13H2,1H3. The van der Waals surface area contributed by atoms with Gasteiger partial charge in [0.05, 0.1) is 13.2 Å². The molecule has 1 heterocycles. The van der Waals surface area contributed by atoms with Gasteiger partial charge in [0.15, 0.2) is 0 Å². The summed E-state index contributed by atoms with van der Waals surface area (Å²) in [7, 11) is 1.72. The second-order valence-corrected chi connectivity index (χ2v) is 5.11. The Labute approximate surface area is 101 Å². The number of ether oxygens (including phenoxy) is 1. The SMILES string of the molecule is COCCn1c(CN)nnc1C1C2CCCC21. The van der Waals surface area contributed by atoms with Gasteiger partial charge in [-0.1, -0.05) is 6.42 Å². The highest BCUT2D eigenvalue weighted by Crippen LogP contribution is 2.62. The van der Waals surface area contributed by atoms with E-state index in [1.807, 2.05) is 0 Å². The van der Waals surface area contributed by atoms with Crippen LogP contribution in [0.5, 0.6) is 0 Å². The van der Waals surface area contributed by atoms with Crippen LogP contribution in [0.25, 0.3) is 0 Å². The van der Waals surface area contributed by atoms with E-state index in [4.69, 9.17) is 10.5 Å². The minimum atomic E-state index is 0.457. The Morgan fingerprint density at radius 3 is 2.76 bits per heavy atom. The Kier molecular flexibility index (Phi) is 2.88. The average molecular weight is 236 g/mol. The van der Waals surface area contributed by atoms with Crippen molar-refractivity contribution in [3.05, 3.63) is 11.6 Å². The third-order valence-electron chi connectivity index (χ3n) is 4.26. The summed E-state index contributed by atoms with van der Waals surface area (Å²) in [5.74, 6) is 4.42. The van der Waals surface area contributed by atoms with Crippen LogP contribution in [0.15, 0.2) is 0 Å². The summed E-state index contributed by atoms with van der Waals surface area (Å²) in [6.45, 7) is 1.97. The lowest BCUT2D eigenvalue weighted by Crippen LogP contribution is -2.14. The zero-order chi connectivity index (χ0) is 11.8. The lowest BCUT2D eigenvalue weighted by atomic mass is 10.1. The van der Waals surface area contributed by atoms with Gasteiger partial charge in [-0.2, -0.15) is 0 Å². The van der Waals surface area contributed by atoms with Crippen LogP contribution in [0, 0.1) is 11.8 Å². The van der Waals surface area contributed by atoms with Crippen LogP contribution in [-0.4, -0.2) is 28.5 Å². The van der Waals surface area contributed by atoms with E-state index in [2.05, 4.69) is 14.8 Å². The molecule has 5 nitrogen and oxygen atoms in total. The van der Waals surface area contributed by atoms with Crippen LogP contribution in [0.3, 0.4) is 0 Å². The molecule has 2 saturated carbocycles.